The molecular weight excluding hydrogens is 283 g/mol. The van der Waals surface area contributed by atoms with Crippen LogP contribution in [0.25, 0.3) is 0 Å². The molecule has 5 heteroatoms. The van der Waals surface area contributed by atoms with Crippen molar-refractivity contribution in [3.63, 3.8) is 0 Å². The second-order valence-electron chi connectivity index (χ2n) is 5.53. The number of hydrogen-bond donors (Lipinski definition) is 0. The van der Waals surface area contributed by atoms with E-state index in [2.05, 4.69) is 4.90 Å². The van der Waals surface area contributed by atoms with Crippen LogP contribution in [0.3, 0.4) is 0 Å². The van der Waals surface area contributed by atoms with E-state index in [1.165, 1.54) is 18.4 Å². The van der Waals surface area contributed by atoms with Crippen LogP contribution in [0.15, 0.2) is 47.1 Å². The topological polar surface area (TPSA) is 36.7 Å². The minimum atomic E-state index is -0.213. The molecule has 0 unspecified atom stereocenters. The first-order chi connectivity index (χ1) is 10.7. The maximum atomic E-state index is 12.9. The monoisotopic (exact) mass is 302 g/mol. The molecule has 1 aromatic heterocycles. The Kier molecular flexibility index (Phi) is 4.53. The minimum absolute atomic E-state index is 0.0476. The van der Waals surface area contributed by atoms with E-state index in [0.29, 0.717) is 12.3 Å². The molecule has 116 valence electrons. The summed E-state index contributed by atoms with van der Waals surface area (Å²) in [5.41, 5.74) is 1.09. The Morgan fingerprint density at radius 2 is 1.91 bits per heavy atom. The highest BCUT2D eigenvalue weighted by molar-refractivity contribution is 5.91. The van der Waals surface area contributed by atoms with Crippen molar-refractivity contribution in [1.82, 2.24) is 9.80 Å². The molecule has 2 aromatic rings. The van der Waals surface area contributed by atoms with Crippen LogP contribution in [0.5, 0.6) is 0 Å². The molecule has 0 spiro atoms. The van der Waals surface area contributed by atoms with Gasteiger partial charge in [0.25, 0.3) is 5.91 Å². The SMILES string of the molecule is O=C(c1ccco1)N1CCCN(Cc2ccc(F)cc2)CC1. The average molecular weight is 302 g/mol. The van der Waals surface area contributed by atoms with Crippen molar-refractivity contribution in [1.29, 1.82) is 0 Å². The number of amides is 1. The van der Waals surface area contributed by atoms with Gasteiger partial charge in [-0.3, -0.25) is 9.69 Å². The van der Waals surface area contributed by atoms with Crippen molar-refractivity contribution in [3.05, 3.63) is 59.8 Å². The summed E-state index contributed by atoms with van der Waals surface area (Å²) in [6, 6.07) is 10.0. The number of carbonyl (C=O) groups excluding carboxylic acids is 1. The van der Waals surface area contributed by atoms with E-state index in [0.717, 1.165) is 38.2 Å². The average Bonchev–Trinajstić information content (AvgIpc) is 2.96. The number of halogens is 1. The van der Waals surface area contributed by atoms with E-state index < -0.39 is 0 Å². The standard InChI is InChI=1S/C17H19FN2O2/c18-15-6-4-14(5-7-15)13-19-8-2-9-20(11-10-19)17(21)16-3-1-12-22-16/h1,3-7,12H,2,8-11,13H2. The molecule has 1 amide bonds. The zero-order chi connectivity index (χ0) is 15.4. The quantitative estimate of drug-likeness (QED) is 0.875. The van der Waals surface area contributed by atoms with Crippen molar-refractivity contribution >= 4 is 5.91 Å². The Hall–Kier alpha value is -2.14. The molecule has 0 bridgehead atoms. The van der Waals surface area contributed by atoms with Crippen molar-refractivity contribution in [2.75, 3.05) is 26.2 Å². The molecular formula is C17H19FN2O2. The minimum Gasteiger partial charge on any atom is -0.459 e. The summed E-state index contributed by atoms with van der Waals surface area (Å²) in [7, 11) is 0. The molecule has 2 heterocycles. The summed E-state index contributed by atoms with van der Waals surface area (Å²) in [6.07, 6.45) is 2.44. The van der Waals surface area contributed by atoms with Gasteiger partial charge in [0, 0.05) is 32.7 Å². The maximum Gasteiger partial charge on any atom is 0.289 e. The van der Waals surface area contributed by atoms with Gasteiger partial charge >= 0.3 is 0 Å². The van der Waals surface area contributed by atoms with Crippen LogP contribution in [-0.4, -0.2) is 41.9 Å². The molecule has 1 saturated heterocycles. The van der Waals surface area contributed by atoms with E-state index in [1.54, 1.807) is 12.1 Å². The molecule has 22 heavy (non-hydrogen) atoms. The lowest BCUT2D eigenvalue weighted by Crippen LogP contribution is -2.34. The highest BCUT2D eigenvalue weighted by Crippen LogP contribution is 2.12. The lowest BCUT2D eigenvalue weighted by molar-refractivity contribution is 0.0729. The van der Waals surface area contributed by atoms with Gasteiger partial charge in [-0.1, -0.05) is 12.1 Å². The van der Waals surface area contributed by atoms with E-state index in [1.807, 2.05) is 17.0 Å². The molecule has 4 nitrogen and oxygen atoms in total. The molecule has 3 rings (SSSR count). The van der Waals surface area contributed by atoms with Gasteiger partial charge in [0.05, 0.1) is 6.26 Å². The highest BCUT2D eigenvalue weighted by Gasteiger charge is 2.21. The number of furan rings is 1. The van der Waals surface area contributed by atoms with Gasteiger partial charge < -0.3 is 9.32 Å². The summed E-state index contributed by atoms with van der Waals surface area (Å²) in [5, 5.41) is 0. The van der Waals surface area contributed by atoms with E-state index in [9.17, 15) is 9.18 Å². The van der Waals surface area contributed by atoms with Gasteiger partial charge in [-0.2, -0.15) is 0 Å². The predicted octanol–water partition coefficient (Wildman–Crippen LogP) is 2.77. The third kappa shape index (κ3) is 3.54. The smallest absolute Gasteiger partial charge is 0.289 e. The highest BCUT2D eigenvalue weighted by atomic mass is 19.1. The molecule has 0 atom stereocenters. The number of rotatable bonds is 3. The van der Waals surface area contributed by atoms with E-state index in [4.69, 9.17) is 4.42 Å². The summed E-state index contributed by atoms with van der Waals surface area (Å²) < 4.78 is 18.1. The second-order valence-corrected chi connectivity index (χ2v) is 5.53. The number of carbonyl (C=O) groups is 1. The predicted molar refractivity (Wildman–Crippen MR) is 80.9 cm³/mol. The van der Waals surface area contributed by atoms with Crippen LogP contribution >= 0.6 is 0 Å². The first-order valence-corrected chi connectivity index (χ1v) is 7.52. The first kappa shape index (κ1) is 14.8. The van der Waals surface area contributed by atoms with Crippen LogP contribution in [0.1, 0.15) is 22.5 Å². The Balaban J connectivity index is 1.58. The summed E-state index contributed by atoms with van der Waals surface area (Å²) in [5.74, 6) is 0.135. The van der Waals surface area contributed by atoms with Crippen LogP contribution < -0.4 is 0 Å². The maximum absolute atomic E-state index is 12.9. The number of hydrogen-bond acceptors (Lipinski definition) is 3. The summed E-state index contributed by atoms with van der Waals surface area (Å²) in [4.78, 5) is 16.4. The zero-order valence-corrected chi connectivity index (χ0v) is 12.4. The van der Waals surface area contributed by atoms with E-state index >= 15 is 0 Å². The van der Waals surface area contributed by atoms with E-state index in [-0.39, 0.29) is 11.7 Å². The van der Waals surface area contributed by atoms with Gasteiger partial charge in [0.2, 0.25) is 0 Å². The first-order valence-electron chi connectivity index (χ1n) is 7.52. The molecule has 0 aliphatic carbocycles. The van der Waals surface area contributed by atoms with Crippen LogP contribution in [0.2, 0.25) is 0 Å². The Labute approximate surface area is 129 Å². The molecule has 0 N–H and O–H groups in total. The van der Waals surface area contributed by atoms with Crippen molar-refractivity contribution < 1.29 is 13.6 Å². The largest absolute Gasteiger partial charge is 0.459 e. The van der Waals surface area contributed by atoms with Crippen LogP contribution in [-0.2, 0) is 6.54 Å². The van der Waals surface area contributed by atoms with Crippen LogP contribution in [0, 0.1) is 5.82 Å². The molecule has 1 fully saturated rings. The third-order valence-corrected chi connectivity index (χ3v) is 3.93. The molecule has 1 aromatic carbocycles. The Bertz CT molecular complexity index is 610. The fourth-order valence-electron chi connectivity index (χ4n) is 2.74. The number of benzene rings is 1. The van der Waals surface area contributed by atoms with Crippen molar-refractivity contribution in [2.45, 2.75) is 13.0 Å². The molecule has 0 radical (unpaired) electrons. The molecule has 1 aliphatic rings. The van der Waals surface area contributed by atoms with Gasteiger partial charge in [0.15, 0.2) is 5.76 Å². The zero-order valence-electron chi connectivity index (χ0n) is 12.4. The Morgan fingerprint density at radius 3 is 2.64 bits per heavy atom. The number of nitrogens with zero attached hydrogens (tertiary/aromatic N) is 2. The normalized spacial score (nSPS) is 16.5. The lowest BCUT2D eigenvalue weighted by Gasteiger charge is -2.21. The van der Waals surface area contributed by atoms with Gasteiger partial charge in [0.1, 0.15) is 5.82 Å². The molecule has 0 saturated carbocycles. The lowest BCUT2D eigenvalue weighted by atomic mass is 10.2. The fraction of sp³-hybridized carbons (Fsp3) is 0.353. The van der Waals surface area contributed by atoms with Crippen molar-refractivity contribution in [2.24, 2.45) is 0 Å². The van der Waals surface area contributed by atoms with Gasteiger partial charge in [-0.25, -0.2) is 4.39 Å². The fourth-order valence-corrected chi connectivity index (χ4v) is 2.74. The molecule has 1 aliphatic heterocycles. The third-order valence-electron chi connectivity index (χ3n) is 3.93. The van der Waals surface area contributed by atoms with Crippen LogP contribution in [0.4, 0.5) is 4.39 Å². The summed E-state index contributed by atoms with van der Waals surface area (Å²) in [6.45, 7) is 3.94. The van der Waals surface area contributed by atoms with Crippen molar-refractivity contribution in [3.8, 4) is 0 Å². The van der Waals surface area contributed by atoms with Gasteiger partial charge in [-0.05, 0) is 36.2 Å². The Morgan fingerprint density at radius 1 is 1.09 bits per heavy atom. The second kappa shape index (κ2) is 6.75. The summed E-state index contributed by atoms with van der Waals surface area (Å²) >= 11 is 0. The van der Waals surface area contributed by atoms with Gasteiger partial charge in [-0.15, -0.1) is 0 Å².